The second kappa shape index (κ2) is 7.55. The first-order valence-corrected chi connectivity index (χ1v) is 8.59. The summed E-state index contributed by atoms with van der Waals surface area (Å²) in [5.74, 6) is 0.923. The van der Waals surface area contributed by atoms with Crippen LogP contribution in [0.15, 0.2) is 61.1 Å². The maximum atomic E-state index is 5.74. The molecule has 0 unspecified atom stereocenters. The van der Waals surface area contributed by atoms with Crippen LogP contribution in [0.4, 0.5) is 0 Å². The van der Waals surface area contributed by atoms with E-state index in [1.165, 1.54) is 0 Å². The van der Waals surface area contributed by atoms with Gasteiger partial charge in [-0.2, -0.15) is 5.10 Å². The Kier molecular flexibility index (Phi) is 4.81. The van der Waals surface area contributed by atoms with E-state index in [1.54, 1.807) is 6.33 Å². The lowest BCUT2D eigenvalue weighted by Crippen LogP contribution is -2.41. The van der Waals surface area contributed by atoms with E-state index in [0.717, 1.165) is 43.3 Å². The highest BCUT2D eigenvalue weighted by Crippen LogP contribution is 2.24. The second-order valence-corrected chi connectivity index (χ2v) is 6.06. The molecule has 0 amide bonds. The van der Waals surface area contributed by atoms with Crippen molar-refractivity contribution in [1.82, 2.24) is 24.6 Å². The molecule has 6 heteroatoms. The summed E-state index contributed by atoms with van der Waals surface area (Å²) in [7, 11) is 0. The molecule has 6 nitrogen and oxygen atoms in total. The summed E-state index contributed by atoms with van der Waals surface area (Å²) in [5.41, 5.74) is 2.13. The summed E-state index contributed by atoms with van der Waals surface area (Å²) in [6, 6.07) is 16.3. The quantitative estimate of drug-likeness (QED) is 0.716. The van der Waals surface area contributed by atoms with Gasteiger partial charge in [0.25, 0.3) is 0 Å². The van der Waals surface area contributed by atoms with Crippen LogP contribution in [0.3, 0.4) is 0 Å². The SMILES string of the molecule is c1ccc(-n2ncnc2[C@H]2COCCN2CCc2ccccn2)cc1. The van der Waals surface area contributed by atoms with E-state index in [4.69, 9.17) is 4.74 Å². The Labute approximate surface area is 147 Å². The molecular weight excluding hydrogens is 314 g/mol. The Morgan fingerprint density at radius 3 is 2.76 bits per heavy atom. The van der Waals surface area contributed by atoms with Gasteiger partial charge in [-0.3, -0.25) is 9.88 Å². The summed E-state index contributed by atoms with van der Waals surface area (Å²) >= 11 is 0. The minimum atomic E-state index is 0.0974. The van der Waals surface area contributed by atoms with Crippen LogP contribution < -0.4 is 0 Å². The van der Waals surface area contributed by atoms with E-state index in [-0.39, 0.29) is 6.04 Å². The highest BCUT2D eigenvalue weighted by atomic mass is 16.5. The standard InChI is InChI=1S/C19H21N5O/c1-2-7-17(8-3-1)24-19(21-15-22-24)18-14-25-13-12-23(18)11-9-16-6-4-5-10-20-16/h1-8,10,15,18H,9,11-14H2/t18-/m1/s1. The Hall–Kier alpha value is -2.57. The van der Waals surface area contributed by atoms with Crippen molar-refractivity contribution in [3.8, 4) is 5.69 Å². The van der Waals surface area contributed by atoms with Crippen LogP contribution in [0.25, 0.3) is 5.69 Å². The van der Waals surface area contributed by atoms with E-state index in [2.05, 4.69) is 26.0 Å². The van der Waals surface area contributed by atoms with Crippen LogP contribution in [0.2, 0.25) is 0 Å². The summed E-state index contributed by atoms with van der Waals surface area (Å²) in [6.07, 6.45) is 4.38. The van der Waals surface area contributed by atoms with Gasteiger partial charge in [0.2, 0.25) is 0 Å². The molecule has 4 rings (SSSR count). The molecule has 25 heavy (non-hydrogen) atoms. The molecule has 1 aliphatic heterocycles. The Morgan fingerprint density at radius 1 is 1.04 bits per heavy atom. The third-order valence-electron chi connectivity index (χ3n) is 4.49. The predicted octanol–water partition coefficient (Wildman–Crippen LogP) is 2.28. The zero-order valence-corrected chi connectivity index (χ0v) is 14.0. The van der Waals surface area contributed by atoms with Crippen molar-refractivity contribution in [1.29, 1.82) is 0 Å². The first-order valence-electron chi connectivity index (χ1n) is 8.59. The van der Waals surface area contributed by atoms with Gasteiger partial charge in [-0.15, -0.1) is 0 Å². The number of rotatable bonds is 5. The fourth-order valence-corrected chi connectivity index (χ4v) is 3.19. The fourth-order valence-electron chi connectivity index (χ4n) is 3.19. The van der Waals surface area contributed by atoms with Gasteiger partial charge in [0.15, 0.2) is 5.82 Å². The third kappa shape index (κ3) is 3.60. The Bertz CT molecular complexity index is 790. The molecule has 0 aliphatic carbocycles. The molecular formula is C19H21N5O. The van der Waals surface area contributed by atoms with Crippen LogP contribution in [0, 0.1) is 0 Å². The van der Waals surface area contributed by atoms with Crippen LogP contribution in [0.5, 0.6) is 0 Å². The van der Waals surface area contributed by atoms with E-state index in [9.17, 15) is 0 Å². The lowest BCUT2D eigenvalue weighted by molar-refractivity contribution is -0.0119. The van der Waals surface area contributed by atoms with Gasteiger partial charge in [-0.25, -0.2) is 9.67 Å². The molecule has 128 valence electrons. The topological polar surface area (TPSA) is 56.1 Å². The average Bonchev–Trinajstić information content (AvgIpc) is 3.18. The van der Waals surface area contributed by atoms with Crippen molar-refractivity contribution >= 4 is 0 Å². The van der Waals surface area contributed by atoms with E-state index < -0.39 is 0 Å². The number of benzene rings is 1. The largest absolute Gasteiger partial charge is 0.378 e. The zero-order valence-electron chi connectivity index (χ0n) is 14.0. The number of morpholine rings is 1. The van der Waals surface area contributed by atoms with Crippen LogP contribution in [-0.4, -0.2) is 51.0 Å². The molecule has 1 atom stereocenters. The molecule has 1 saturated heterocycles. The highest BCUT2D eigenvalue weighted by Gasteiger charge is 2.28. The van der Waals surface area contributed by atoms with Gasteiger partial charge in [0.1, 0.15) is 6.33 Å². The maximum absolute atomic E-state index is 5.74. The smallest absolute Gasteiger partial charge is 0.151 e. The molecule has 1 fully saturated rings. The highest BCUT2D eigenvalue weighted by molar-refractivity contribution is 5.31. The molecule has 0 spiro atoms. The summed E-state index contributed by atoms with van der Waals surface area (Å²) < 4.78 is 7.65. The van der Waals surface area contributed by atoms with Gasteiger partial charge in [0, 0.05) is 31.4 Å². The van der Waals surface area contributed by atoms with Crippen molar-refractivity contribution in [2.75, 3.05) is 26.3 Å². The number of hydrogen-bond acceptors (Lipinski definition) is 5. The number of ether oxygens (including phenoxy) is 1. The normalized spacial score (nSPS) is 18.3. The van der Waals surface area contributed by atoms with E-state index in [1.807, 2.05) is 53.3 Å². The Morgan fingerprint density at radius 2 is 1.92 bits per heavy atom. The van der Waals surface area contributed by atoms with Crippen molar-refractivity contribution in [3.63, 3.8) is 0 Å². The average molecular weight is 335 g/mol. The number of aromatic nitrogens is 4. The number of hydrogen-bond donors (Lipinski definition) is 0. The lowest BCUT2D eigenvalue weighted by Gasteiger charge is -2.34. The minimum absolute atomic E-state index is 0.0974. The summed E-state index contributed by atoms with van der Waals surface area (Å²) in [6.45, 7) is 3.19. The van der Waals surface area contributed by atoms with Gasteiger partial charge in [-0.05, 0) is 24.3 Å². The first kappa shape index (κ1) is 15.9. The molecule has 0 radical (unpaired) electrons. The number of pyridine rings is 1. The molecule has 0 saturated carbocycles. The van der Waals surface area contributed by atoms with Crippen molar-refractivity contribution in [3.05, 3.63) is 72.6 Å². The van der Waals surface area contributed by atoms with Crippen molar-refractivity contribution < 1.29 is 4.74 Å². The van der Waals surface area contributed by atoms with Crippen molar-refractivity contribution in [2.24, 2.45) is 0 Å². The van der Waals surface area contributed by atoms with Gasteiger partial charge in [-0.1, -0.05) is 24.3 Å². The predicted molar refractivity (Wildman–Crippen MR) is 94.4 cm³/mol. The number of nitrogens with zero attached hydrogens (tertiary/aromatic N) is 5. The van der Waals surface area contributed by atoms with Gasteiger partial charge in [0.05, 0.1) is 24.9 Å². The molecule has 0 bridgehead atoms. The molecule has 3 aromatic rings. The van der Waals surface area contributed by atoms with Gasteiger partial charge < -0.3 is 4.74 Å². The molecule has 2 aromatic heterocycles. The van der Waals surface area contributed by atoms with Crippen LogP contribution in [-0.2, 0) is 11.2 Å². The Balaban J connectivity index is 1.55. The minimum Gasteiger partial charge on any atom is -0.378 e. The summed E-state index contributed by atoms with van der Waals surface area (Å²) in [5, 5.41) is 4.43. The molecule has 1 aromatic carbocycles. The fraction of sp³-hybridized carbons (Fsp3) is 0.316. The van der Waals surface area contributed by atoms with E-state index in [0.29, 0.717) is 6.61 Å². The monoisotopic (exact) mass is 335 g/mol. The molecule has 0 N–H and O–H groups in total. The van der Waals surface area contributed by atoms with Crippen LogP contribution in [0.1, 0.15) is 17.6 Å². The first-order chi connectivity index (χ1) is 12.4. The molecule has 3 heterocycles. The second-order valence-electron chi connectivity index (χ2n) is 6.06. The van der Waals surface area contributed by atoms with Crippen LogP contribution >= 0.6 is 0 Å². The van der Waals surface area contributed by atoms with Crippen molar-refractivity contribution in [2.45, 2.75) is 12.5 Å². The zero-order chi connectivity index (χ0) is 16.9. The summed E-state index contributed by atoms with van der Waals surface area (Å²) in [4.78, 5) is 11.4. The van der Waals surface area contributed by atoms with Gasteiger partial charge >= 0.3 is 0 Å². The number of para-hydroxylation sites is 1. The maximum Gasteiger partial charge on any atom is 0.151 e. The lowest BCUT2D eigenvalue weighted by atomic mass is 10.1. The third-order valence-corrected chi connectivity index (χ3v) is 4.49. The molecule has 1 aliphatic rings. The van der Waals surface area contributed by atoms with E-state index >= 15 is 0 Å².